The van der Waals surface area contributed by atoms with Crippen molar-refractivity contribution in [2.45, 2.75) is 59.3 Å². The monoisotopic (exact) mass is 493 g/mol. The molecule has 0 fully saturated rings. The topological polar surface area (TPSA) is 119 Å². The van der Waals surface area contributed by atoms with Crippen molar-refractivity contribution in [1.29, 1.82) is 0 Å². The van der Waals surface area contributed by atoms with E-state index in [1.807, 2.05) is 0 Å². The second kappa shape index (κ2) is 8.87. The Kier molecular flexibility index (Phi) is 6.17. The first-order valence-electron chi connectivity index (χ1n) is 11.4. The first-order chi connectivity index (χ1) is 16.7. The fraction of sp³-hybridized carbons (Fsp3) is 0.346. The van der Waals surface area contributed by atoms with Crippen LogP contribution >= 0.6 is 0 Å². The Hall–Kier alpha value is -4.05. The molecule has 4 amide bonds. The van der Waals surface area contributed by atoms with Crippen molar-refractivity contribution in [2.75, 3.05) is 0 Å². The number of fused-ring (bicyclic) bond motifs is 2. The molecule has 10 nitrogen and oxygen atoms in total. The van der Waals surface area contributed by atoms with Gasteiger partial charge in [-0.2, -0.15) is 0 Å². The number of nitrogens with zero attached hydrogens (tertiary/aromatic N) is 3. The Morgan fingerprint density at radius 2 is 1.56 bits per heavy atom. The number of aromatic nitrogens is 1. The highest BCUT2D eigenvalue weighted by atomic mass is 16.7. The molecule has 0 spiro atoms. The fourth-order valence-electron chi connectivity index (χ4n) is 3.64. The highest BCUT2D eigenvalue weighted by Gasteiger charge is 2.37. The van der Waals surface area contributed by atoms with Gasteiger partial charge in [0.05, 0.1) is 28.7 Å². The predicted octanol–water partition coefficient (Wildman–Crippen LogP) is 4.73. The lowest BCUT2D eigenvalue weighted by Crippen LogP contribution is -2.45. The first-order valence-corrected chi connectivity index (χ1v) is 11.4. The van der Waals surface area contributed by atoms with Gasteiger partial charge in [-0.15, -0.1) is 5.06 Å². The third-order valence-corrected chi connectivity index (χ3v) is 5.06. The molecule has 2 heterocycles. The molecule has 36 heavy (non-hydrogen) atoms. The number of carbonyl (C=O) groups excluding carboxylic acids is 4. The number of rotatable bonds is 4. The fourth-order valence-corrected chi connectivity index (χ4v) is 3.64. The maximum absolute atomic E-state index is 13.4. The zero-order valence-corrected chi connectivity index (χ0v) is 20.9. The first kappa shape index (κ1) is 25.1. The van der Waals surface area contributed by atoms with E-state index in [0.29, 0.717) is 27.1 Å². The van der Waals surface area contributed by atoms with Crippen LogP contribution in [0.1, 0.15) is 78.3 Å². The van der Waals surface area contributed by atoms with Crippen LogP contribution in [0.15, 0.2) is 47.0 Å². The molecule has 0 saturated carbocycles. The number of hydrogen-bond donors (Lipinski definition) is 0. The summed E-state index contributed by atoms with van der Waals surface area (Å²) in [4.78, 5) is 58.5. The van der Waals surface area contributed by atoms with E-state index >= 15 is 0 Å². The molecule has 0 atom stereocenters. The lowest BCUT2D eigenvalue weighted by atomic mass is 10.1. The van der Waals surface area contributed by atoms with Crippen LogP contribution in [0.4, 0.5) is 4.79 Å². The Balaban J connectivity index is 1.65. The van der Waals surface area contributed by atoms with Gasteiger partial charge in [-0.3, -0.25) is 24.1 Å². The second-order valence-corrected chi connectivity index (χ2v) is 10.4. The highest BCUT2D eigenvalue weighted by Crippen LogP contribution is 2.28. The second-order valence-electron chi connectivity index (χ2n) is 10.4. The zero-order chi connectivity index (χ0) is 26.4. The third kappa shape index (κ3) is 4.99. The van der Waals surface area contributed by atoms with Gasteiger partial charge in [0.25, 0.3) is 11.8 Å². The van der Waals surface area contributed by atoms with Gasteiger partial charge in [-0.25, -0.2) is 4.79 Å². The molecule has 4 rings (SSSR count). The van der Waals surface area contributed by atoms with Crippen molar-refractivity contribution in [3.05, 3.63) is 64.8 Å². The van der Waals surface area contributed by atoms with Gasteiger partial charge >= 0.3 is 12.0 Å². The van der Waals surface area contributed by atoms with E-state index in [-0.39, 0.29) is 17.8 Å². The maximum atomic E-state index is 13.4. The van der Waals surface area contributed by atoms with E-state index in [1.165, 1.54) is 0 Å². The normalized spacial score (nSPS) is 13.8. The molecular weight excluding hydrogens is 466 g/mol. The van der Waals surface area contributed by atoms with Crippen molar-refractivity contribution in [3.8, 4) is 0 Å². The summed E-state index contributed by atoms with van der Waals surface area (Å²) in [7, 11) is 0. The highest BCUT2D eigenvalue weighted by molar-refractivity contribution is 6.21. The molecule has 3 aromatic rings. The van der Waals surface area contributed by atoms with Crippen LogP contribution < -0.4 is 0 Å². The Morgan fingerprint density at radius 3 is 2.11 bits per heavy atom. The summed E-state index contributed by atoms with van der Waals surface area (Å²) < 4.78 is 10.6. The largest absolute Gasteiger partial charge is 0.442 e. The van der Waals surface area contributed by atoms with Gasteiger partial charge < -0.3 is 9.26 Å². The molecule has 0 N–H and O–H groups in total. The van der Waals surface area contributed by atoms with E-state index < -0.39 is 35.0 Å². The van der Waals surface area contributed by atoms with Crippen molar-refractivity contribution < 1.29 is 33.3 Å². The van der Waals surface area contributed by atoms with Gasteiger partial charge in [0, 0.05) is 0 Å². The van der Waals surface area contributed by atoms with Crippen molar-refractivity contribution in [3.63, 3.8) is 0 Å². The predicted molar refractivity (Wildman–Crippen MR) is 128 cm³/mol. The van der Waals surface area contributed by atoms with Crippen LogP contribution in [0.2, 0.25) is 0 Å². The molecule has 0 bridgehead atoms. The van der Waals surface area contributed by atoms with Crippen LogP contribution in [-0.4, -0.2) is 50.1 Å². The number of benzene rings is 2. The van der Waals surface area contributed by atoms with E-state index in [2.05, 4.69) is 5.16 Å². The molecule has 10 heteroatoms. The van der Waals surface area contributed by atoms with Crippen LogP contribution in [0.3, 0.4) is 0 Å². The van der Waals surface area contributed by atoms with Gasteiger partial charge in [-0.05, 0) is 71.4 Å². The Bertz CT molecular complexity index is 1340. The van der Waals surface area contributed by atoms with Gasteiger partial charge in [0.15, 0.2) is 11.3 Å². The van der Waals surface area contributed by atoms with E-state index in [9.17, 15) is 19.2 Å². The molecule has 0 radical (unpaired) electrons. The van der Waals surface area contributed by atoms with Gasteiger partial charge in [-0.1, -0.05) is 23.4 Å². The summed E-state index contributed by atoms with van der Waals surface area (Å²) in [6.45, 7) is 10.0. The van der Waals surface area contributed by atoms with Crippen molar-refractivity contribution in [2.24, 2.45) is 0 Å². The van der Waals surface area contributed by atoms with Crippen LogP contribution in [-0.2, 0) is 16.1 Å². The zero-order valence-electron chi connectivity index (χ0n) is 20.9. The smallest absolute Gasteiger partial charge is 0.442 e. The summed E-state index contributed by atoms with van der Waals surface area (Å²) in [6, 6.07) is 11.5. The van der Waals surface area contributed by atoms with Crippen molar-refractivity contribution >= 4 is 34.8 Å². The molecular formula is C26H27N3O7. The lowest BCUT2D eigenvalue weighted by molar-refractivity contribution is -0.182. The summed E-state index contributed by atoms with van der Waals surface area (Å²) >= 11 is 0. The van der Waals surface area contributed by atoms with Crippen molar-refractivity contribution in [1.82, 2.24) is 15.1 Å². The van der Waals surface area contributed by atoms with Crippen LogP contribution in [0.5, 0.6) is 0 Å². The molecule has 1 aliphatic heterocycles. The van der Waals surface area contributed by atoms with E-state index in [0.717, 1.165) is 4.90 Å². The Labute approximate surface area is 207 Å². The maximum Gasteiger partial charge on any atom is 0.442 e. The minimum absolute atomic E-state index is 0.0185. The molecule has 0 unspecified atom stereocenters. The van der Waals surface area contributed by atoms with E-state index in [1.54, 1.807) is 84.0 Å². The number of imide groups is 2. The average molecular weight is 494 g/mol. The average Bonchev–Trinajstić information content (AvgIpc) is 3.30. The SMILES string of the molecule is CC(C)(C)OC(=O)N(OC(C)(C)C)C(=O)c1noc2ccc(CN3C(=O)c4ccccc4C3=O)cc12. The summed E-state index contributed by atoms with van der Waals surface area (Å²) in [5, 5.41) is 4.68. The summed E-state index contributed by atoms with van der Waals surface area (Å²) in [5.74, 6) is -1.67. The number of amides is 4. The lowest BCUT2D eigenvalue weighted by Gasteiger charge is -2.29. The molecule has 2 aromatic carbocycles. The van der Waals surface area contributed by atoms with Gasteiger partial charge in [0.1, 0.15) is 5.60 Å². The molecule has 0 saturated heterocycles. The van der Waals surface area contributed by atoms with E-state index in [4.69, 9.17) is 14.1 Å². The molecule has 188 valence electrons. The van der Waals surface area contributed by atoms with Gasteiger partial charge in [0.2, 0.25) is 0 Å². The molecule has 1 aliphatic rings. The summed E-state index contributed by atoms with van der Waals surface area (Å²) in [5.41, 5.74) is -0.414. The number of hydrogen-bond acceptors (Lipinski definition) is 8. The number of hydroxylamine groups is 2. The van der Waals surface area contributed by atoms with Crippen LogP contribution in [0, 0.1) is 0 Å². The minimum Gasteiger partial charge on any atom is -0.442 e. The Morgan fingerprint density at radius 1 is 0.944 bits per heavy atom. The minimum atomic E-state index is -0.999. The molecule has 1 aromatic heterocycles. The number of carbonyl (C=O) groups is 4. The summed E-state index contributed by atoms with van der Waals surface area (Å²) in [6.07, 6.45) is -0.999. The third-order valence-electron chi connectivity index (χ3n) is 5.06. The van der Waals surface area contributed by atoms with Crippen LogP contribution in [0.25, 0.3) is 11.0 Å². The standard InChI is InChI=1S/C26H27N3O7/c1-25(2,3)34-24(33)29(36-26(4,5)6)23(32)20-18-13-15(11-12-19(18)35-27-20)14-28-21(30)16-9-7-8-10-17(16)22(28)31/h7-13H,14H2,1-6H3. The molecule has 0 aliphatic carbocycles. The number of ether oxygens (including phenoxy) is 1. The quantitative estimate of drug-likeness (QED) is 0.378.